The number of hydrogen-bond acceptors (Lipinski definition) is 1. The third-order valence-corrected chi connectivity index (χ3v) is 2.34. The Bertz CT molecular complexity index is 199. The van der Waals surface area contributed by atoms with Gasteiger partial charge in [-0.05, 0) is 45.9 Å². The Morgan fingerprint density at radius 3 is 2.50 bits per heavy atom. The van der Waals surface area contributed by atoms with Crippen molar-refractivity contribution >= 4 is 0 Å². The van der Waals surface area contributed by atoms with Gasteiger partial charge in [0.05, 0.1) is 0 Å². The molecule has 0 unspecified atom stereocenters. The van der Waals surface area contributed by atoms with E-state index in [0.717, 1.165) is 6.54 Å². The van der Waals surface area contributed by atoms with Gasteiger partial charge in [0.2, 0.25) is 0 Å². The SMILES string of the molecule is CC1=CCCC=C1CCN(C)C. The molecule has 1 nitrogen and oxygen atoms in total. The Hall–Kier alpha value is -0.560. The predicted molar refractivity (Wildman–Crippen MR) is 54.2 cm³/mol. The van der Waals surface area contributed by atoms with Crippen molar-refractivity contribution in [2.24, 2.45) is 0 Å². The summed E-state index contributed by atoms with van der Waals surface area (Å²) in [5, 5.41) is 0. The largest absolute Gasteiger partial charge is 0.309 e. The van der Waals surface area contributed by atoms with E-state index in [1.54, 1.807) is 5.57 Å². The van der Waals surface area contributed by atoms with E-state index in [-0.39, 0.29) is 0 Å². The van der Waals surface area contributed by atoms with Crippen LogP contribution >= 0.6 is 0 Å². The molecule has 0 N–H and O–H groups in total. The van der Waals surface area contributed by atoms with Crippen LogP contribution in [0, 0.1) is 0 Å². The lowest BCUT2D eigenvalue weighted by atomic mass is 9.96. The molecule has 0 aliphatic heterocycles. The maximum Gasteiger partial charge on any atom is 0.00157 e. The molecule has 0 aromatic carbocycles. The topological polar surface area (TPSA) is 3.24 Å². The highest BCUT2D eigenvalue weighted by molar-refractivity contribution is 5.31. The van der Waals surface area contributed by atoms with Gasteiger partial charge in [0.25, 0.3) is 0 Å². The van der Waals surface area contributed by atoms with E-state index < -0.39 is 0 Å². The first-order valence-electron chi connectivity index (χ1n) is 4.71. The molecule has 12 heavy (non-hydrogen) atoms. The zero-order valence-electron chi connectivity index (χ0n) is 8.43. The first-order chi connectivity index (χ1) is 5.70. The van der Waals surface area contributed by atoms with Gasteiger partial charge in [0.15, 0.2) is 0 Å². The van der Waals surface area contributed by atoms with Crippen molar-refractivity contribution in [1.82, 2.24) is 4.90 Å². The monoisotopic (exact) mass is 165 g/mol. The molecule has 1 aliphatic carbocycles. The molecule has 1 aliphatic rings. The minimum absolute atomic E-state index is 1.16. The van der Waals surface area contributed by atoms with Crippen LogP contribution in [-0.2, 0) is 0 Å². The lowest BCUT2D eigenvalue weighted by Gasteiger charge is -2.15. The molecule has 0 saturated heterocycles. The molecule has 0 spiro atoms. The van der Waals surface area contributed by atoms with Crippen molar-refractivity contribution in [3.8, 4) is 0 Å². The summed E-state index contributed by atoms with van der Waals surface area (Å²) in [5.74, 6) is 0. The van der Waals surface area contributed by atoms with Crippen molar-refractivity contribution in [2.75, 3.05) is 20.6 Å². The fourth-order valence-corrected chi connectivity index (χ4v) is 1.49. The Balaban J connectivity index is 2.41. The molecule has 0 amide bonds. The van der Waals surface area contributed by atoms with Crippen LogP contribution in [0.2, 0.25) is 0 Å². The van der Waals surface area contributed by atoms with Gasteiger partial charge >= 0.3 is 0 Å². The molecule has 0 aromatic heterocycles. The molecule has 0 bridgehead atoms. The van der Waals surface area contributed by atoms with Crippen molar-refractivity contribution in [3.63, 3.8) is 0 Å². The van der Waals surface area contributed by atoms with Crippen LogP contribution in [0.5, 0.6) is 0 Å². The Kier molecular flexibility index (Phi) is 3.54. The molecule has 0 saturated carbocycles. The summed E-state index contributed by atoms with van der Waals surface area (Å²) in [5.41, 5.74) is 3.04. The zero-order chi connectivity index (χ0) is 8.97. The van der Waals surface area contributed by atoms with Crippen LogP contribution in [-0.4, -0.2) is 25.5 Å². The standard InChI is InChI=1S/C11H19N/c1-10-6-4-5-7-11(10)8-9-12(2)3/h6-7H,4-5,8-9H2,1-3H3. The first-order valence-corrected chi connectivity index (χ1v) is 4.71. The summed E-state index contributed by atoms with van der Waals surface area (Å²) in [6.45, 7) is 3.39. The lowest BCUT2D eigenvalue weighted by molar-refractivity contribution is 0.413. The van der Waals surface area contributed by atoms with Crippen LogP contribution < -0.4 is 0 Å². The van der Waals surface area contributed by atoms with E-state index in [1.807, 2.05) is 0 Å². The summed E-state index contributed by atoms with van der Waals surface area (Å²) < 4.78 is 0. The summed E-state index contributed by atoms with van der Waals surface area (Å²) in [6.07, 6.45) is 8.41. The number of nitrogens with zero attached hydrogens (tertiary/aromatic N) is 1. The Morgan fingerprint density at radius 1 is 1.25 bits per heavy atom. The molecule has 0 fully saturated rings. The van der Waals surface area contributed by atoms with E-state index in [2.05, 4.69) is 38.1 Å². The van der Waals surface area contributed by atoms with Crippen LogP contribution in [0.4, 0.5) is 0 Å². The van der Waals surface area contributed by atoms with Gasteiger partial charge in [-0.1, -0.05) is 17.7 Å². The van der Waals surface area contributed by atoms with Gasteiger partial charge < -0.3 is 4.90 Å². The van der Waals surface area contributed by atoms with Crippen LogP contribution in [0.1, 0.15) is 26.2 Å². The quantitative estimate of drug-likeness (QED) is 0.621. The second-order valence-electron chi connectivity index (χ2n) is 3.75. The smallest absolute Gasteiger partial charge is 0.00157 e. The van der Waals surface area contributed by atoms with Crippen molar-refractivity contribution in [1.29, 1.82) is 0 Å². The summed E-state index contributed by atoms with van der Waals surface area (Å²) >= 11 is 0. The molecular formula is C11H19N. The van der Waals surface area contributed by atoms with Gasteiger partial charge in [0.1, 0.15) is 0 Å². The minimum atomic E-state index is 1.16. The Morgan fingerprint density at radius 2 is 1.92 bits per heavy atom. The molecule has 1 rings (SSSR count). The number of rotatable bonds is 3. The highest BCUT2D eigenvalue weighted by Gasteiger charge is 2.03. The van der Waals surface area contributed by atoms with E-state index in [4.69, 9.17) is 0 Å². The molecule has 0 heterocycles. The second kappa shape index (κ2) is 4.46. The van der Waals surface area contributed by atoms with Crippen molar-refractivity contribution < 1.29 is 0 Å². The average molecular weight is 165 g/mol. The van der Waals surface area contributed by atoms with Crippen LogP contribution in [0.25, 0.3) is 0 Å². The van der Waals surface area contributed by atoms with Gasteiger partial charge in [0, 0.05) is 6.54 Å². The number of allylic oxidation sites excluding steroid dienone is 3. The predicted octanol–water partition coefficient (Wildman–Crippen LogP) is 2.60. The fraction of sp³-hybridized carbons (Fsp3) is 0.636. The molecule has 1 heteroatoms. The summed E-state index contributed by atoms with van der Waals surface area (Å²) in [4.78, 5) is 2.24. The third-order valence-electron chi connectivity index (χ3n) is 2.34. The van der Waals surface area contributed by atoms with Crippen LogP contribution in [0.3, 0.4) is 0 Å². The summed E-state index contributed by atoms with van der Waals surface area (Å²) in [7, 11) is 4.25. The van der Waals surface area contributed by atoms with Gasteiger partial charge in [-0.25, -0.2) is 0 Å². The molecule has 0 aromatic rings. The van der Waals surface area contributed by atoms with E-state index in [0.29, 0.717) is 0 Å². The second-order valence-corrected chi connectivity index (χ2v) is 3.75. The van der Waals surface area contributed by atoms with Gasteiger partial charge in [-0.2, -0.15) is 0 Å². The van der Waals surface area contributed by atoms with E-state index >= 15 is 0 Å². The number of hydrogen-bond donors (Lipinski definition) is 0. The van der Waals surface area contributed by atoms with Gasteiger partial charge in [-0.15, -0.1) is 0 Å². The normalized spacial score (nSPS) is 17.7. The zero-order valence-corrected chi connectivity index (χ0v) is 8.43. The molecule has 68 valence electrons. The molecule has 0 radical (unpaired) electrons. The van der Waals surface area contributed by atoms with E-state index in [9.17, 15) is 0 Å². The molecule has 0 atom stereocenters. The van der Waals surface area contributed by atoms with Crippen molar-refractivity contribution in [2.45, 2.75) is 26.2 Å². The third kappa shape index (κ3) is 2.82. The maximum atomic E-state index is 2.39. The molecular weight excluding hydrogens is 146 g/mol. The van der Waals surface area contributed by atoms with Crippen LogP contribution in [0.15, 0.2) is 23.3 Å². The van der Waals surface area contributed by atoms with E-state index in [1.165, 1.54) is 24.8 Å². The minimum Gasteiger partial charge on any atom is -0.309 e. The fourth-order valence-electron chi connectivity index (χ4n) is 1.49. The Labute approximate surface area is 75.8 Å². The van der Waals surface area contributed by atoms with Gasteiger partial charge in [-0.3, -0.25) is 0 Å². The van der Waals surface area contributed by atoms with Crippen molar-refractivity contribution in [3.05, 3.63) is 23.3 Å². The maximum absolute atomic E-state index is 2.39. The highest BCUT2D eigenvalue weighted by atomic mass is 15.0. The lowest BCUT2D eigenvalue weighted by Crippen LogP contribution is -2.14. The first kappa shape index (κ1) is 9.53. The average Bonchev–Trinajstić information content (AvgIpc) is 2.03. The highest BCUT2D eigenvalue weighted by Crippen LogP contribution is 2.20. The summed E-state index contributed by atoms with van der Waals surface area (Å²) in [6, 6.07) is 0.